The number of ether oxygens (including phenoxy) is 3. The van der Waals surface area contributed by atoms with Crippen LogP contribution < -0.4 is 14.2 Å². The van der Waals surface area contributed by atoms with E-state index >= 15 is 0 Å². The first kappa shape index (κ1) is 9.78. The number of aliphatic hydroxyl groups is 1. The van der Waals surface area contributed by atoms with Gasteiger partial charge in [0.25, 0.3) is 0 Å². The third-order valence-corrected chi connectivity index (χ3v) is 3.05. The van der Waals surface area contributed by atoms with Crippen molar-refractivity contribution in [1.29, 1.82) is 0 Å². The number of rotatable bonds is 2. The van der Waals surface area contributed by atoms with E-state index in [1.807, 2.05) is 18.2 Å². The summed E-state index contributed by atoms with van der Waals surface area (Å²) in [6.07, 6.45) is 2.34. The molecule has 4 nitrogen and oxygen atoms in total. The number of hydrogen-bond donors (Lipinski definition) is 1. The molecular formula is C12H14O4. The Morgan fingerprint density at radius 2 is 2.06 bits per heavy atom. The summed E-state index contributed by atoms with van der Waals surface area (Å²) in [5.74, 6) is 2.19. The van der Waals surface area contributed by atoms with Crippen LogP contribution in [0.2, 0.25) is 0 Å². The summed E-state index contributed by atoms with van der Waals surface area (Å²) in [5, 5.41) is 9.66. The highest BCUT2D eigenvalue weighted by atomic mass is 16.7. The van der Waals surface area contributed by atoms with Crippen LogP contribution in [0.1, 0.15) is 19.3 Å². The molecule has 2 aliphatic rings. The highest BCUT2D eigenvalue weighted by Gasteiger charge is 2.27. The van der Waals surface area contributed by atoms with Crippen molar-refractivity contribution in [1.82, 2.24) is 0 Å². The zero-order valence-electron chi connectivity index (χ0n) is 8.89. The van der Waals surface area contributed by atoms with Crippen molar-refractivity contribution in [2.24, 2.45) is 0 Å². The molecular weight excluding hydrogens is 208 g/mol. The minimum absolute atomic E-state index is 0.0830. The van der Waals surface area contributed by atoms with E-state index in [0.29, 0.717) is 5.75 Å². The maximum absolute atomic E-state index is 9.66. The summed E-state index contributed by atoms with van der Waals surface area (Å²) < 4.78 is 16.2. The second kappa shape index (κ2) is 3.87. The van der Waals surface area contributed by atoms with Crippen LogP contribution in [0, 0.1) is 0 Å². The zero-order valence-corrected chi connectivity index (χ0v) is 8.89. The lowest BCUT2D eigenvalue weighted by molar-refractivity contribution is 0.0602. The normalized spacial score (nSPS) is 27.1. The van der Waals surface area contributed by atoms with Crippen LogP contribution in [0.25, 0.3) is 0 Å². The Hall–Kier alpha value is -1.42. The second-order valence-electron chi connectivity index (χ2n) is 4.17. The van der Waals surface area contributed by atoms with Gasteiger partial charge in [-0.1, -0.05) is 0 Å². The second-order valence-corrected chi connectivity index (χ2v) is 4.17. The topological polar surface area (TPSA) is 47.9 Å². The van der Waals surface area contributed by atoms with E-state index in [1.54, 1.807) is 0 Å². The van der Waals surface area contributed by atoms with Gasteiger partial charge < -0.3 is 19.3 Å². The lowest BCUT2D eigenvalue weighted by Crippen LogP contribution is -2.25. The van der Waals surface area contributed by atoms with Gasteiger partial charge >= 0.3 is 0 Å². The molecule has 1 aliphatic heterocycles. The molecule has 0 saturated heterocycles. The summed E-state index contributed by atoms with van der Waals surface area (Å²) in [4.78, 5) is 0. The molecule has 0 unspecified atom stereocenters. The van der Waals surface area contributed by atoms with Gasteiger partial charge in [-0.3, -0.25) is 0 Å². The molecule has 0 bridgehead atoms. The minimum Gasteiger partial charge on any atom is -0.488 e. The highest BCUT2D eigenvalue weighted by Crippen LogP contribution is 2.36. The fraction of sp³-hybridized carbons (Fsp3) is 0.500. The van der Waals surface area contributed by atoms with Gasteiger partial charge in [-0.25, -0.2) is 0 Å². The Morgan fingerprint density at radius 3 is 2.88 bits per heavy atom. The largest absolute Gasteiger partial charge is 0.488 e. The van der Waals surface area contributed by atoms with E-state index in [4.69, 9.17) is 14.2 Å². The number of benzene rings is 1. The predicted molar refractivity (Wildman–Crippen MR) is 56.8 cm³/mol. The Labute approximate surface area is 93.7 Å². The van der Waals surface area contributed by atoms with E-state index in [-0.39, 0.29) is 19.0 Å². The van der Waals surface area contributed by atoms with Crippen molar-refractivity contribution in [3.63, 3.8) is 0 Å². The molecule has 16 heavy (non-hydrogen) atoms. The van der Waals surface area contributed by atoms with Crippen LogP contribution >= 0.6 is 0 Å². The molecule has 0 amide bonds. The molecule has 4 heteroatoms. The zero-order chi connectivity index (χ0) is 11.0. The maximum atomic E-state index is 9.66. The van der Waals surface area contributed by atoms with E-state index in [9.17, 15) is 5.11 Å². The van der Waals surface area contributed by atoms with Gasteiger partial charge in [0.15, 0.2) is 11.5 Å². The maximum Gasteiger partial charge on any atom is 0.231 e. The van der Waals surface area contributed by atoms with Crippen molar-refractivity contribution < 1.29 is 19.3 Å². The average Bonchev–Trinajstić information content (AvgIpc) is 2.88. The molecule has 0 spiro atoms. The van der Waals surface area contributed by atoms with Gasteiger partial charge in [-0.05, 0) is 31.4 Å². The fourth-order valence-electron chi connectivity index (χ4n) is 2.17. The molecule has 1 aliphatic carbocycles. The lowest BCUT2D eigenvalue weighted by Gasteiger charge is -2.17. The third kappa shape index (κ3) is 1.69. The Kier molecular flexibility index (Phi) is 2.36. The number of aliphatic hydroxyl groups excluding tert-OH is 1. The van der Waals surface area contributed by atoms with Crippen molar-refractivity contribution in [3.8, 4) is 17.2 Å². The molecule has 2 atom stereocenters. The SMILES string of the molecule is O[C@@H]1CCC[C@H]1Oc1ccc2c(c1)OCO2. The number of hydrogen-bond acceptors (Lipinski definition) is 4. The summed E-state index contributed by atoms with van der Waals surface area (Å²) in [7, 11) is 0. The molecule has 1 aromatic rings. The Bertz CT molecular complexity index is 391. The lowest BCUT2D eigenvalue weighted by atomic mass is 10.2. The molecule has 3 rings (SSSR count). The standard InChI is InChI=1S/C12H14O4/c13-9-2-1-3-10(9)16-8-4-5-11-12(6-8)15-7-14-11/h4-6,9-10,13H,1-3,7H2/t9-,10-/m1/s1. The third-order valence-electron chi connectivity index (χ3n) is 3.05. The van der Waals surface area contributed by atoms with Crippen LogP contribution in [0.4, 0.5) is 0 Å². The average molecular weight is 222 g/mol. The molecule has 1 saturated carbocycles. The minimum atomic E-state index is -0.342. The first-order chi connectivity index (χ1) is 7.83. The van der Waals surface area contributed by atoms with E-state index in [1.165, 1.54) is 0 Å². The summed E-state index contributed by atoms with van der Waals surface area (Å²) >= 11 is 0. The fourth-order valence-corrected chi connectivity index (χ4v) is 2.17. The number of fused-ring (bicyclic) bond motifs is 1. The first-order valence-corrected chi connectivity index (χ1v) is 5.57. The molecule has 1 N–H and O–H groups in total. The van der Waals surface area contributed by atoms with Gasteiger partial charge in [-0.15, -0.1) is 0 Å². The van der Waals surface area contributed by atoms with Crippen LogP contribution in [0.3, 0.4) is 0 Å². The summed E-state index contributed by atoms with van der Waals surface area (Å²) in [6, 6.07) is 5.49. The first-order valence-electron chi connectivity index (χ1n) is 5.57. The van der Waals surface area contributed by atoms with Crippen molar-refractivity contribution >= 4 is 0 Å². The van der Waals surface area contributed by atoms with Gasteiger partial charge in [0, 0.05) is 6.07 Å². The highest BCUT2D eigenvalue weighted by molar-refractivity contribution is 5.46. The smallest absolute Gasteiger partial charge is 0.231 e. The monoisotopic (exact) mass is 222 g/mol. The summed E-state index contributed by atoms with van der Waals surface area (Å²) in [6.45, 7) is 0.269. The van der Waals surface area contributed by atoms with Crippen LogP contribution in [-0.2, 0) is 0 Å². The van der Waals surface area contributed by atoms with Gasteiger partial charge in [0.2, 0.25) is 6.79 Å². The molecule has 1 heterocycles. The molecule has 0 radical (unpaired) electrons. The van der Waals surface area contributed by atoms with Crippen LogP contribution in [0.15, 0.2) is 18.2 Å². The molecule has 0 aromatic heterocycles. The van der Waals surface area contributed by atoms with Crippen LogP contribution in [-0.4, -0.2) is 24.1 Å². The van der Waals surface area contributed by atoms with Crippen molar-refractivity contribution in [3.05, 3.63) is 18.2 Å². The quantitative estimate of drug-likeness (QED) is 0.827. The van der Waals surface area contributed by atoms with Gasteiger partial charge in [-0.2, -0.15) is 0 Å². The molecule has 1 aromatic carbocycles. The summed E-state index contributed by atoms with van der Waals surface area (Å²) in [5.41, 5.74) is 0. The molecule has 86 valence electrons. The van der Waals surface area contributed by atoms with Crippen molar-refractivity contribution in [2.45, 2.75) is 31.5 Å². The van der Waals surface area contributed by atoms with Crippen molar-refractivity contribution in [2.75, 3.05) is 6.79 Å². The van der Waals surface area contributed by atoms with Gasteiger partial charge in [0.1, 0.15) is 11.9 Å². The van der Waals surface area contributed by atoms with E-state index < -0.39 is 0 Å². The Balaban J connectivity index is 1.75. The predicted octanol–water partition coefficient (Wildman–Crippen LogP) is 1.71. The Morgan fingerprint density at radius 1 is 1.19 bits per heavy atom. The van der Waals surface area contributed by atoms with E-state index in [0.717, 1.165) is 30.8 Å². The molecule has 1 fully saturated rings. The van der Waals surface area contributed by atoms with Crippen LogP contribution in [0.5, 0.6) is 17.2 Å². The van der Waals surface area contributed by atoms with Gasteiger partial charge in [0.05, 0.1) is 6.10 Å². The van der Waals surface area contributed by atoms with E-state index in [2.05, 4.69) is 0 Å².